The van der Waals surface area contributed by atoms with Gasteiger partial charge in [-0.1, -0.05) is 18.2 Å². The highest BCUT2D eigenvalue weighted by Crippen LogP contribution is 2.42. The molecule has 2 atom stereocenters. The number of para-hydroxylation sites is 1. The van der Waals surface area contributed by atoms with Crippen LogP contribution in [0.5, 0.6) is 5.75 Å². The quantitative estimate of drug-likeness (QED) is 0.860. The van der Waals surface area contributed by atoms with Gasteiger partial charge in [0, 0.05) is 16.9 Å². The SMILES string of the molecule is O[C@@H]1CC(c2ccc(Br)s2)Oc2ccccc21. The van der Waals surface area contributed by atoms with Gasteiger partial charge in [-0.15, -0.1) is 11.3 Å². The molecule has 88 valence electrons. The molecule has 1 aromatic heterocycles. The molecule has 0 bridgehead atoms. The van der Waals surface area contributed by atoms with Crippen molar-refractivity contribution in [1.29, 1.82) is 0 Å². The van der Waals surface area contributed by atoms with E-state index in [2.05, 4.69) is 15.9 Å². The topological polar surface area (TPSA) is 29.5 Å². The molecule has 1 aliphatic heterocycles. The van der Waals surface area contributed by atoms with Gasteiger partial charge in [0.25, 0.3) is 0 Å². The van der Waals surface area contributed by atoms with Crippen molar-refractivity contribution in [2.75, 3.05) is 0 Å². The second kappa shape index (κ2) is 4.44. The van der Waals surface area contributed by atoms with Crippen molar-refractivity contribution in [2.24, 2.45) is 0 Å². The first-order chi connectivity index (χ1) is 8.24. The molecule has 1 unspecified atom stereocenters. The average molecular weight is 311 g/mol. The first kappa shape index (κ1) is 11.3. The van der Waals surface area contributed by atoms with Crippen molar-refractivity contribution in [3.63, 3.8) is 0 Å². The van der Waals surface area contributed by atoms with Crippen LogP contribution in [0.25, 0.3) is 0 Å². The van der Waals surface area contributed by atoms with Gasteiger partial charge in [-0.3, -0.25) is 0 Å². The molecule has 0 fully saturated rings. The third-order valence-corrected chi connectivity index (χ3v) is 4.61. The van der Waals surface area contributed by atoms with Crippen LogP contribution in [-0.4, -0.2) is 5.11 Å². The number of thiophene rings is 1. The maximum Gasteiger partial charge on any atom is 0.136 e. The molecule has 0 aliphatic carbocycles. The standard InChI is InChI=1S/C13H11BrO2S/c14-13-6-5-12(17-13)11-7-9(15)8-3-1-2-4-10(8)16-11/h1-6,9,11,15H,7H2/t9-,11?/m1/s1. The van der Waals surface area contributed by atoms with E-state index in [9.17, 15) is 5.11 Å². The molecule has 4 heteroatoms. The molecule has 2 nitrogen and oxygen atoms in total. The molecule has 17 heavy (non-hydrogen) atoms. The van der Waals surface area contributed by atoms with Crippen molar-refractivity contribution in [3.05, 3.63) is 50.6 Å². The zero-order valence-corrected chi connectivity index (χ0v) is 11.4. The van der Waals surface area contributed by atoms with E-state index in [-0.39, 0.29) is 6.10 Å². The Morgan fingerprint density at radius 1 is 1.24 bits per heavy atom. The maximum atomic E-state index is 10.1. The highest BCUT2D eigenvalue weighted by atomic mass is 79.9. The summed E-state index contributed by atoms with van der Waals surface area (Å²) in [4.78, 5) is 1.14. The van der Waals surface area contributed by atoms with Gasteiger partial charge in [0.15, 0.2) is 0 Å². The number of aliphatic hydroxyl groups excluding tert-OH is 1. The zero-order chi connectivity index (χ0) is 11.8. The zero-order valence-electron chi connectivity index (χ0n) is 8.97. The predicted molar refractivity (Wildman–Crippen MR) is 71.4 cm³/mol. The Labute approximate surface area is 112 Å². The van der Waals surface area contributed by atoms with E-state index >= 15 is 0 Å². The van der Waals surface area contributed by atoms with E-state index in [4.69, 9.17) is 4.74 Å². The fourth-order valence-corrected chi connectivity index (χ4v) is 3.54. The second-order valence-corrected chi connectivity index (χ2v) is 6.53. The van der Waals surface area contributed by atoms with Gasteiger partial charge in [-0.2, -0.15) is 0 Å². The molecule has 0 amide bonds. The number of hydrogen-bond acceptors (Lipinski definition) is 3. The van der Waals surface area contributed by atoms with E-state index < -0.39 is 6.10 Å². The number of hydrogen-bond donors (Lipinski definition) is 1. The smallest absolute Gasteiger partial charge is 0.136 e. The van der Waals surface area contributed by atoms with Crippen LogP contribution in [0.15, 0.2) is 40.2 Å². The summed E-state index contributed by atoms with van der Waals surface area (Å²) < 4.78 is 7.02. The van der Waals surface area contributed by atoms with Gasteiger partial charge in [0.1, 0.15) is 11.9 Å². The number of fused-ring (bicyclic) bond motifs is 1. The van der Waals surface area contributed by atoms with Crippen molar-refractivity contribution >= 4 is 27.3 Å². The van der Waals surface area contributed by atoms with Gasteiger partial charge >= 0.3 is 0 Å². The molecular formula is C13H11BrO2S. The third kappa shape index (κ3) is 2.12. The molecule has 0 saturated carbocycles. The average Bonchev–Trinajstić information content (AvgIpc) is 2.76. The van der Waals surface area contributed by atoms with Crippen molar-refractivity contribution < 1.29 is 9.84 Å². The Balaban J connectivity index is 1.93. The number of rotatable bonds is 1. The number of ether oxygens (including phenoxy) is 1. The van der Waals surface area contributed by atoms with Gasteiger partial charge in [-0.25, -0.2) is 0 Å². The Kier molecular flexibility index (Phi) is 2.94. The monoisotopic (exact) mass is 310 g/mol. The number of aliphatic hydroxyl groups is 1. The van der Waals surface area contributed by atoms with Gasteiger partial charge in [0.2, 0.25) is 0 Å². The van der Waals surface area contributed by atoms with Crippen molar-refractivity contribution in [2.45, 2.75) is 18.6 Å². The second-order valence-electron chi connectivity index (χ2n) is 4.04. The van der Waals surface area contributed by atoms with Crippen LogP contribution >= 0.6 is 27.3 Å². The largest absolute Gasteiger partial charge is 0.484 e. The summed E-state index contributed by atoms with van der Waals surface area (Å²) in [5.74, 6) is 0.792. The lowest BCUT2D eigenvalue weighted by Crippen LogP contribution is -2.18. The maximum absolute atomic E-state index is 10.1. The summed E-state index contributed by atoms with van der Waals surface area (Å²) in [6.07, 6.45) is 0.131. The molecule has 0 radical (unpaired) electrons. The Bertz CT molecular complexity index is 538. The Morgan fingerprint density at radius 2 is 2.06 bits per heavy atom. The minimum atomic E-state index is -0.439. The summed E-state index contributed by atoms with van der Waals surface area (Å²) >= 11 is 5.10. The van der Waals surface area contributed by atoms with Gasteiger partial charge in [0.05, 0.1) is 9.89 Å². The van der Waals surface area contributed by atoms with E-state index in [0.29, 0.717) is 6.42 Å². The molecule has 1 aromatic carbocycles. The van der Waals surface area contributed by atoms with E-state index in [1.54, 1.807) is 11.3 Å². The van der Waals surface area contributed by atoms with Crippen LogP contribution < -0.4 is 4.74 Å². The fraction of sp³-hybridized carbons (Fsp3) is 0.231. The molecule has 1 aliphatic rings. The third-order valence-electron chi connectivity index (χ3n) is 2.90. The fourth-order valence-electron chi connectivity index (χ4n) is 2.07. The molecule has 3 rings (SSSR count). The predicted octanol–water partition coefficient (Wildman–Crippen LogP) is 4.07. The van der Waals surface area contributed by atoms with Crippen LogP contribution in [0, 0.1) is 0 Å². The summed E-state index contributed by atoms with van der Waals surface area (Å²) in [5.41, 5.74) is 0.888. The van der Waals surface area contributed by atoms with Crippen LogP contribution in [0.3, 0.4) is 0 Å². The van der Waals surface area contributed by atoms with Crippen LogP contribution in [0.2, 0.25) is 0 Å². The minimum absolute atomic E-state index is 0.0452. The van der Waals surface area contributed by atoms with E-state index in [1.165, 1.54) is 0 Å². The lowest BCUT2D eigenvalue weighted by Gasteiger charge is -2.28. The highest BCUT2D eigenvalue weighted by Gasteiger charge is 2.28. The van der Waals surface area contributed by atoms with E-state index in [1.807, 2.05) is 36.4 Å². The normalized spacial score (nSPS) is 22.9. The Morgan fingerprint density at radius 3 is 2.82 bits per heavy atom. The lowest BCUT2D eigenvalue weighted by molar-refractivity contribution is 0.0674. The van der Waals surface area contributed by atoms with Gasteiger partial charge in [-0.05, 0) is 34.1 Å². The molecule has 0 spiro atoms. The van der Waals surface area contributed by atoms with Crippen molar-refractivity contribution in [3.8, 4) is 5.75 Å². The number of benzene rings is 1. The number of halogens is 1. The molecule has 2 heterocycles. The Hall–Kier alpha value is -0.840. The molecular weight excluding hydrogens is 300 g/mol. The highest BCUT2D eigenvalue weighted by molar-refractivity contribution is 9.11. The van der Waals surface area contributed by atoms with Crippen molar-refractivity contribution in [1.82, 2.24) is 0 Å². The van der Waals surface area contributed by atoms with Crippen LogP contribution in [-0.2, 0) is 0 Å². The van der Waals surface area contributed by atoms with Gasteiger partial charge < -0.3 is 9.84 Å². The molecule has 1 N–H and O–H groups in total. The first-order valence-corrected chi connectivity index (χ1v) is 7.04. The van der Waals surface area contributed by atoms with Crippen LogP contribution in [0.1, 0.15) is 29.1 Å². The molecule has 0 saturated heterocycles. The first-order valence-electron chi connectivity index (χ1n) is 5.43. The summed E-state index contributed by atoms with van der Waals surface area (Å²) in [7, 11) is 0. The molecule has 2 aromatic rings. The summed E-state index contributed by atoms with van der Waals surface area (Å²) in [6, 6.07) is 11.7. The van der Waals surface area contributed by atoms with E-state index in [0.717, 1.165) is 20.0 Å². The minimum Gasteiger partial charge on any atom is -0.484 e. The van der Waals surface area contributed by atoms with Crippen LogP contribution in [0.4, 0.5) is 0 Å². The summed E-state index contributed by atoms with van der Waals surface area (Å²) in [5, 5.41) is 10.1. The summed E-state index contributed by atoms with van der Waals surface area (Å²) in [6.45, 7) is 0. The lowest BCUT2D eigenvalue weighted by atomic mass is 9.98.